The van der Waals surface area contributed by atoms with Crippen molar-refractivity contribution in [3.63, 3.8) is 0 Å². The van der Waals surface area contributed by atoms with Crippen LogP contribution in [0.3, 0.4) is 0 Å². The predicted molar refractivity (Wildman–Crippen MR) is 56.6 cm³/mol. The van der Waals surface area contributed by atoms with Crippen LogP contribution >= 0.6 is 15.9 Å². The molecule has 0 heterocycles. The molecule has 0 saturated heterocycles. The first kappa shape index (κ1) is 10.1. The van der Waals surface area contributed by atoms with Gasteiger partial charge >= 0.3 is 0 Å². The van der Waals surface area contributed by atoms with Crippen molar-refractivity contribution in [3.8, 4) is 0 Å². The number of aliphatic hydroxyl groups is 1. The Labute approximate surface area is 91.1 Å². The topological polar surface area (TPSA) is 20.2 Å². The summed E-state index contributed by atoms with van der Waals surface area (Å²) >= 11 is 3.14. The molecule has 1 aromatic rings. The van der Waals surface area contributed by atoms with E-state index in [1.165, 1.54) is 0 Å². The molecule has 1 aliphatic carbocycles. The van der Waals surface area contributed by atoms with Gasteiger partial charge in [0.2, 0.25) is 0 Å². The summed E-state index contributed by atoms with van der Waals surface area (Å²) in [7, 11) is 0. The molecule has 1 aromatic carbocycles. The highest BCUT2D eigenvalue weighted by Gasteiger charge is 2.39. The van der Waals surface area contributed by atoms with Gasteiger partial charge in [-0.05, 0) is 53.2 Å². The second-order valence-electron chi connectivity index (χ2n) is 3.94. The van der Waals surface area contributed by atoms with Crippen LogP contribution in [-0.4, -0.2) is 10.7 Å². The molecular formula is C11H12BrFO. The lowest BCUT2D eigenvalue weighted by Gasteiger charge is -2.08. The highest BCUT2D eigenvalue weighted by atomic mass is 79.9. The molecule has 76 valence electrons. The molecule has 0 aliphatic heterocycles. The summed E-state index contributed by atoms with van der Waals surface area (Å²) in [5.41, 5.74) is 0.189. The normalized spacial score (nSPS) is 18.2. The molecule has 1 fully saturated rings. The van der Waals surface area contributed by atoms with Gasteiger partial charge in [-0.3, -0.25) is 0 Å². The Morgan fingerprint density at radius 3 is 2.79 bits per heavy atom. The maximum absolute atomic E-state index is 13.5. The molecule has 2 rings (SSSR count). The standard InChI is InChI=1S/C11H12BrFO/c12-9-3-1-2-8(10(9)13)4-5-11(14)6-7-11/h1-3,14H,4-7H2. The van der Waals surface area contributed by atoms with Crippen LogP contribution in [0.2, 0.25) is 0 Å². The van der Waals surface area contributed by atoms with E-state index in [-0.39, 0.29) is 5.82 Å². The minimum atomic E-state index is -0.491. The Hall–Kier alpha value is -0.410. The number of hydrogen-bond acceptors (Lipinski definition) is 1. The fourth-order valence-electron chi connectivity index (χ4n) is 1.50. The van der Waals surface area contributed by atoms with E-state index in [2.05, 4.69) is 15.9 Å². The van der Waals surface area contributed by atoms with Gasteiger partial charge in [0, 0.05) is 0 Å². The van der Waals surface area contributed by atoms with Gasteiger partial charge in [-0.2, -0.15) is 0 Å². The van der Waals surface area contributed by atoms with Crippen molar-refractivity contribution < 1.29 is 9.50 Å². The highest BCUT2D eigenvalue weighted by molar-refractivity contribution is 9.10. The molecule has 1 nitrogen and oxygen atoms in total. The molecule has 0 amide bonds. The van der Waals surface area contributed by atoms with Crippen LogP contribution in [0.5, 0.6) is 0 Å². The molecule has 0 spiro atoms. The average Bonchev–Trinajstić information content (AvgIpc) is 2.88. The molecule has 0 aromatic heterocycles. The maximum Gasteiger partial charge on any atom is 0.140 e. The lowest BCUT2D eigenvalue weighted by Crippen LogP contribution is -2.08. The Balaban J connectivity index is 2.05. The number of benzene rings is 1. The minimum absolute atomic E-state index is 0.197. The van der Waals surface area contributed by atoms with E-state index in [1.54, 1.807) is 12.1 Å². The molecule has 14 heavy (non-hydrogen) atoms. The zero-order valence-electron chi connectivity index (χ0n) is 7.76. The summed E-state index contributed by atoms with van der Waals surface area (Å²) in [5, 5.41) is 9.62. The van der Waals surface area contributed by atoms with Crippen LogP contribution in [0.1, 0.15) is 24.8 Å². The predicted octanol–water partition coefficient (Wildman–Crippen LogP) is 3.05. The zero-order valence-corrected chi connectivity index (χ0v) is 9.35. The fraction of sp³-hybridized carbons (Fsp3) is 0.455. The second kappa shape index (κ2) is 3.63. The third kappa shape index (κ3) is 2.15. The summed E-state index contributed by atoms with van der Waals surface area (Å²) in [5.74, 6) is -0.197. The van der Waals surface area contributed by atoms with Crippen molar-refractivity contribution in [2.75, 3.05) is 0 Å². The number of rotatable bonds is 3. The molecule has 1 aliphatic rings. The van der Waals surface area contributed by atoms with Crippen LogP contribution in [0.15, 0.2) is 22.7 Å². The third-order valence-corrected chi connectivity index (χ3v) is 3.33. The largest absolute Gasteiger partial charge is 0.390 e. The first-order valence-corrected chi connectivity index (χ1v) is 5.55. The van der Waals surface area contributed by atoms with Crippen LogP contribution in [-0.2, 0) is 6.42 Å². The summed E-state index contributed by atoms with van der Waals surface area (Å²) < 4.78 is 14.0. The summed E-state index contributed by atoms with van der Waals surface area (Å²) in [6, 6.07) is 5.27. The van der Waals surface area contributed by atoms with Gasteiger partial charge in [0.15, 0.2) is 0 Å². The smallest absolute Gasteiger partial charge is 0.140 e. The molecule has 0 atom stereocenters. The molecule has 1 N–H and O–H groups in total. The van der Waals surface area contributed by atoms with Crippen molar-refractivity contribution in [1.29, 1.82) is 0 Å². The lowest BCUT2D eigenvalue weighted by atomic mass is 10.1. The van der Waals surface area contributed by atoms with Crippen molar-refractivity contribution in [3.05, 3.63) is 34.1 Å². The number of halogens is 2. The monoisotopic (exact) mass is 258 g/mol. The van der Waals surface area contributed by atoms with E-state index in [4.69, 9.17) is 0 Å². The summed E-state index contributed by atoms with van der Waals surface area (Å²) in [6.45, 7) is 0. The third-order valence-electron chi connectivity index (χ3n) is 2.72. The summed E-state index contributed by atoms with van der Waals surface area (Å²) in [6.07, 6.45) is 3.01. The van der Waals surface area contributed by atoms with Gasteiger partial charge < -0.3 is 5.11 Å². The van der Waals surface area contributed by atoms with E-state index >= 15 is 0 Å². The molecule has 3 heteroatoms. The van der Waals surface area contributed by atoms with Crippen LogP contribution in [0, 0.1) is 5.82 Å². The molecule has 0 unspecified atom stereocenters. The fourth-order valence-corrected chi connectivity index (χ4v) is 1.91. The van der Waals surface area contributed by atoms with Crippen molar-refractivity contribution in [1.82, 2.24) is 0 Å². The zero-order chi connectivity index (χ0) is 10.2. The quantitative estimate of drug-likeness (QED) is 0.884. The highest BCUT2D eigenvalue weighted by Crippen LogP contribution is 2.39. The molecule has 0 radical (unpaired) electrons. The van der Waals surface area contributed by atoms with E-state index in [1.807, 2.05) is 6.07 Å². The Kier molecular flexibility index (Phi) is 2.62. The number of hydrogen-bond donors (Lipinski definition) is 1. The summed E-state index contributed by atoms with van der Waals surface area (Å²) in [4.78, 5) is 0. The van der Waals surface area contributed by atoms with Crippen molar-refractivity contribution in [2.24, 2.45) is 0 Å². The Morgan fingerprint density at radius 2 is 2.14 bits per heavy atom. The van der Waals surface area contributed by atoms with Gasteiger partial charge in [0.05, 0.1) is 10.1 Å². The van der Waals surface area contributed by atoms with E-state index in [0.29, 0.717) is 22.9 Å². The van der Waals surface area contributed by atoms with Crippen molar-refractivity contribution >= 4 is 15.9 Å². The van der Waals surface area contributed by atoms with Gasteiger partial charge in [0.25, 0.3) is 0 Å². The Bertz CT molecular complexity index is 347. The SMILES string of the molecule is OC1(CCc2cccc(Br)c2F)CC1. The van der Waals surface area contributed by atoms with E-state index < -0.39 is 5.60 Å². The molecular weight excluding hydrogens is 247 g/mol. The second-order valence-corrected chi connectivity index (χ2v) is 4.79. The first-order valence-electron chi connectivity index (χ1n) is 4.76. The average molecular weight is 259 g/mol. The van der Waals surface area contributed by atoms with E-state index in [0.717, 1.165) is 12.8 Å². The van der Waals surface area contributed by atoms with Crippen LogP contribution < -0.4 is 0 Å². The number of aryl methyl sites for hydroxylation is 1. The Morgan fingerprint density at radius 1 is 1.43 bits per heavy atom. The van der Waals surface area contributed by atoms with Gasteiger partial charge in [-0.1, -0.05) is 12.1 Å². The first-order chi connectivity index (χ1) is 6.61. The van der Waals surface area contributed by atoms with Gasteiger partial charge in [0.1, 0.15) is 5.82 Å². The minimum Gasteiger partial charge on any atom is -0.390 e. The molecule has 0 bridgehead atoms. The maximum atomic E-state index is 13.5. The van der Waals surface area contributed by atoms with Gasteiger partial charge in [-0.25, -0.2) is 4.39 Å². The van der Waals surface area contributed by atoms with Crippen LogP contribution in [0.25, 0.3) is 0 Å². The van der Waals surface area contributed by atoms with Crippen LogP contribution in [0.4, 0.5) is 4.39 Å². The van der Waals surface area contributed by atoms with E-state index in [9.17, 15) is 9.50 Å². The molecule has 1 saturated carbocycles. The van der Waals surface area contributed by atoms with Crippen molar-refractivity contribution in [2.45, 2.75) is 31.3 Å². The lowest BCUT2D eigenvalue weighted by molar-refractivity contribution is 0.140. The van der Waals surface area contributed by atoms with Gasteiger partial charge in [-0.15, -0.1) is 0 Å².